The number of hydrogen-bond donors (Lipinski definition) is 2. The van der Waals surface area contributed by atoms with Gasteiger partial charge in [-0.15, -0.1) is 0 Å². The van der Waals surface area contributed by atoms with Gasteiger partial charge < -0.3 is 15.1 Å². The fourth-order valence-electron chi connectivity index (χ4n) is 3.45. The van der Waals surface area contributed by atoms with E-state index in [-0.39, 0.29) is 0 Å². The maximum atomic E-state index is 5.39. The molecule has 0 aliphatic heterocycles. The van der Waals surface area contributed by atoms with Crippen LogP contribution in [0.5, 0.6) is 0 Å². The molecule has 2 aliphatic carbocycles. The Morgan fingerprint density at radius 3 is 3.05 bits per heavy atom. The van der Waals surface area contributed by atoms with Crippen molar-refractivity contribution in [1.82, 2.24) is 10.6 Å². The molecule has 20 heavy (non-hydrogen) atoms. The Balaban J connectivity index is 1.26. The van der Waals surface area contributed by atoms with Crippen molar-refractivity contribution in [2.75, 3.05) is 12.3 Å². The lowest BCUT2D eigenvalue weighted by molar-refractivity contribution is 0.389. The summed E-state index contributed by atoms with van der Waals surface area (Å²) in [5.41, 5.74) is 0. The third kappa shape index (κ3) is 3.70. The molecule has 1 aromatic heterocycles. The molecular formula is C15H22N2OS2. The van der Waals surface area contributed by atoms with Crippen LogP contribution in [0.2, 0.25) is 0 Å². The molecular weight excluding hydrogens is 288 g/mol. The second kappa shape index (κ2) is 6.85. The summed E-state index contributed by atoms with van der Waals surface area (Å²) < 4.78 is 5.30. The first kappa shape index (κ1) is 14.3. The topological polar surface area (TPSA) is 37.2 Å². The average Bonchev–Trinajstić information content (AvgIpc) is 3.15. The van der Waals surface area contributed by atoms with E-state index in [0.717, 1.165) is 40.8 Å². The van der Waals surface area contributed by atoms with Crippen LogP contribution in [0.3, 0.4) is 0 Å². The Morgan fingerprint density at radius 1 is 1.40 bits per heavy atom. The Kier molecular flexibility index (Phi) is 4.89. The van der Waals surface area contributed by atoms with Gasteiger partial charge in [-0.2, -0.15) is 11.8 Å². The predicted molar refractivity (Wildman–Crippen MR) is 87.8 cm³/mol. The van der Waals surface area contributed by atoms with Gasteiger partial charge in [0.15, 0.2) is 5.11 Å². The maximum absolute atomic E-state index is 5.39. The Labute approximate surface area is 130 Å². The number of furan rings is 1. The molecule has 0 aromatic carbocycles. The molecule has 110 valence electrons. The molecule has 0 amide bonds. The van der Waals surface area contributed by atoms with E-state index in [0.29, 0.717) is 6.04 Å². The van der Waals surface area contributed by atoms with Crippen molar-refractivity contribution in [1.29, 1.82) is 0 Å². The zero-order valence-electron chi connectivity index (χ0n) is 11.6. The molecule has 3 rings (SSSR count). The van der Waals surface area contributed by atoms with E-state index < -0.39 is 0 Å². The van der Waals surface area contributed by atoms with Gasteiger partial charge in [-0.25, -0.2) is 0 Å². The monoisotopic (exact) mass is 310 g/mol. The molecule has 2 saturated carbocycles. The first-order chi connectivity index (χ1) is 9.81. The number of thiocarbonyl (C=S) groups is 1. The summed E-state index contributed by atoms with van der Waals surface area (Å²) in [6.45, 7) is 0.915. The second-order valence-corrected chi connectivity index (χ2v) is 7.33. The van der Waals surface area contributed by atoms with Crippen molar-refractivity contribution in [3.63, 3.8) is 0 Å². The van der Waals surface area contributed by atoms with Gasteiger partial charge in [-0.3, -0.25) is 0 Å². The molecule has 3 nitrogen and oxygen atoms in total. The van der Waals surface area contributed by atoms with Crippen molar-refractivity contribution in [3.05, 3.63) is 24.2 Å². The molecule has 0 spiro atoms. The van der Waals surface area contributed by atoms with Gasteiger partial charge in [-0.1, -0.05) is 6.42 Å². The highest BCUT2D eigenvalue weighted by molar-refractivity contribution is 7.98. The van der Waals surface area contributed by atoms with Crippen LogP contribution in [0.4, 0.5) is 0 Å². The van der Waals surface area contributed by atoms with Gasteiger partial charge in [0.25, 0.3) is 0 Å². The van der Waals surface area contributed by atoms with Crippen molar-refractivity contribution < 1.29 is 4.42 Å². The van der Waals surface area contributed by atoms with Crippen LogP contribution in [-0.2, 0) is 5.75 Å². The predicted octanol–water partition coefficient (Wildman–Crippen LogP) is 3.17. The Hall–Kier alpha value is -0.680. The molecule has 2 aliphatic rings. The summed E-state index contributed by atoms with van der Waals surface area (Å²) in [7, 11) is 0. The lowest BCUT2D eigenvalue weighted by atomic mass is 9.96. The van der Waals surface area contributed by atoms with Gasteiger partial charge in [0.05, 0.1) is 12.0 Å². The number of rotatable bonds is 6. The summed E-state index contributed by atoms with van der Waals surface area (Å²) in [4.78, 5) is 0. The van der Waals surface area contributed by atoms with Crippen molar-refractivity contribution in [2.24, 2.45) is 11.8 Å². The van der Waals surface area contributed by atoms with Crippen LogP contribution in [0, 0.1) is 11.8 Å². The highest BCUT2D eigenvalue weighted by Crippen LogP contribution is 2.44. The summed E-state index contributed by atoms with van der Waals surface area (Å²) in [6, 6.07) is 4.58. The largest absolute Gasteiger partial charge is 0.468 e. The quantitative estimate of drug-likeness (QED) is 0.623. The Morgan fingerprint density at radius 2 is 2.35 bits per heavy atom. The Bertz CT molecular complexity index is 435. The molecule has 1 heterocycles. The van der Waals surface area contributed by atoms with Gasteiger partial charge in [-0.05, 0) is 55.4 Å². The third-order valence-electron chi connectivity index (χ3n) is 4.41. The minimum Gasteiger partial charge on any atom is -0.468 e. The smallest absolute Gasteiger partial charge is 0.166 e. The second-order valence-electron chi connectivity index (χ2n) is 5.81. The van der Waals surface area contributed by atoms with E-state index in [2.05, 4.69) is 10.6 Å². The molecule has 2 bridgehead atoms. The standard InChI is InChI=1S/C15H22N2OS2/c19-15(17-14-9-11-3-4-12(14)8-11)16-5-7-20-10-13-2-1-6-18-13/h1-2,6,11-12,14H,3-5,7-10H2,(H2,16,17,19)/t11-,12-,14-/m1/s1. The first-order valence-electron chi connectivity index (χ1n) is 7.46. The third-order valence-corrected chi connectivity index (χ3v) is 5.65. The van der Waals surface area contributed by atoms with Crippen molar-refractivity contribution >= 4 is 29.1 Å². The normalized spacial score (nSPS) is 27.7. The lowest BCUT2D eigenvalue weighted by Crippen LogP contribution is -2.44. The number of hydrogen-bond acceptors (Lipinski definition) is 3. The molecule has 0 radical (unpaired) electrons. The number of fused-ring (bicyclic) bond motifs is 2. The SMILES string of the molecule is S=C(NCCSCc1ccco1)N[C@@H]1C[C@@H]2CC[C@@H]1C2. The van der Waals surface area contributed by atoms with Crippen LogP contribution in [0.1, 0.15) is 31.4 Å². The van der Waals surface area contributed by atoms with E-state index in [9.17, 15) is 0 Å². The van der Waals surface area contributed by atoms with Gasteiger partial charge in [0.1, 0.15) is 5.76 Å². The summed E-state index contributed by atoms with van der Waals surface area (Å²) in [6.07, 6.45) is 7.29. The first-order valence-corrected chi connectivity index (χ1v) is 9.02. The molecule has 5 heteroatoms. The zero-order chi connectivity index (χ0) is 13.8. The van der Waals surface area contributed by atoms with Crippen LogP contribution < -0.4 is 10.6 Å². The van der Waals surface area contributed by atoms with E-state index in [1.54, 1.807) is 6.26 Å². The van der Waals surface area contributed by atoms with E-state index >= 15 is 0 Å². The van der Waals surface area contributed by atoms with Gasteiger partial charge >= 0.3 is 0 Å². The van der Waals surface area contributed by atoms with Gasteiger partial charge in [0.2, 0.25) is 0 Å². The highest BCUT2D eigenvalue weighted by Gasteiger charge is 2.39. The molecule has 2 N–H and O–H groups in total. The maximum Gasteiger partial charge on any atom is 0.166 e. The molecule has 1 aromatic rings. The number of nitrogens with one attached hydrogen (secondary N) is 2. The molecule has 0 saturated heterocycles. The van der Waals surface area contributed by atoms with Crippen molar-refractivity contribution in [3.8, 4) is 0 Å². The molecule has 3 atom stereocenters. The average molecular weight is 310 g/mol. The molecule has 2 fully saturated rings. The van der Waals surface area contributed by atoms with Crippen molar-refractivity contribution in [2.45, 2.75) is 37.5 Å². The zero-order valence-corrected chi connectivity index (χ0v) is 13.3. The number of thioether (sulfide) groups is 1. The van der Waals surface area contributed by atoms with Crippen LogP contribution >= 0.6 is 24.0 Å². The lowest BCUT2D eigenvalue weighted by Gasteiger charge is -2.24. The summed E-state index contributed by atoms with van der Waals surface area (Å²) in [5, 5.41) is 7.66. The van der Waals surface area contributed by atoms with Gasteiger partial charge in [0, 0.05) is 18.3 Å². The fourth-order valence-corrected chi connectivity index (χ4v) is 4.45. The summed E-state index contributed by atoms with van der Waals surface area (Å²) >= 11 is 7.25. The van der Waals surface area contributed by atoms with Crippen LogP contribution in [0.25, 0.3) is 0 Å². The van der Waals surface area contributed by atoms with E-state index in [4.69, 9.17) is 16.6 Å². The minimum absolute atomic E-state index is 0.629. The summed E-state index contributed by atoms with van der Waals surface area (Å²) in [5.74, 6) is 4.84. The van der Waals surface area contributed by atoms with E-state index in [1.807, 2.05) is 23.9 Å². The molecule has 0 unspecified atom stereocenters. The fraction of sp³-hybridized carbons (Fsp3) is 0.667. The van der Waals surface area contributed by atoms with E-state index in [1.165, 1.54) is 25.7 Å². The minimum atomic E-state index is 0.629. The highest BCUT2D eigenvalue weighted by atomic mass is 32.2. The van der Waals surface area contributed by atoms with Crippen LogP contribution in [0.15, 0.2) is 22.8 Å². The van der Waals surface area contributed by atoms with Crippen LogP contribution in [-0.4, -0.2) is 23.5 Å².